The summed E-state index contributed by atoms with van der Waals surface area (Å²) in [6.45, 7) is 9.94. The number of hydrogen-bond acceptors (Lipinski definition) is 0. The minimum atomic E-state index is -1.26. The molecule has 0 amide bonds. The maximum Gasteiger partial charge on any atom is 2.00 e. The van der Waals surface area contributed by atoms with Crippen molar-refractivity contribution in [2.24, 2.45) is 0 Å². The van der Waals surface area contributed by atoms with Crippen molar-refractivity contribution in [1.82, 2.24) is 0 Å². The van der Waals surface area contributed by atoms with Crippen LogP contribution in [0, 0.1) is 18.8 Å². The van der Waals surface area contributed by atoms with Gasteiger partial charge in [-0.25, -0.2) is 0 Å². The summed E-state index contributed by atoms with van der Waals surface area (Å²) < 4.78 is 0. The Labute approximate surface area is 169 Å². The second-order valence-electron chi connectivity index (χ2n) is 7.92. The molecular formula is C23H37FeSi. The molecule has 2 heteroatoms. The zero-order valence-corrected chi connectivity index (χ0v) is 18.8. The normalized spacial score (nSPS) is 23.9. The van der Waals surface area contributed by atoms with Crippen molar-refractivity contribution < 1.29 is 17.1 Å². The minimum Gasteiger partial charge on any atom is -0.328 e. The molecule has 0 saturated heterocycles. The van der Waals surface area contributed by atoms with E-state index in [-0.39, 0.29) is 17.1 Å². The monoisotopic (exact) mass is 397 g/mol. The molecule has 2 aliphatic rings. The average molecular weight is 397 g/mol. The van der Waals surface area contributed by atoms with Crippen molar-refractivity contribution in [3.8, 4) is 0 Å². The predicted octanol–water partition coefficient (Wildman–Crippen LogP) is 7.54. The molecule has 25 heavy (non-hydrogen) atoms. The predicted molar refractivity (Wildman–Crippen MR) is 111 cm³/mol. The Morgan fingerprint density at radius 3 is 2.32 bits per heavy atom. The van der Waals surface area contributed by atoms with Crippen LogP contribution in [0.5, 0.6) is 0 Å². The van der Waals surface area contributed by atoms with Gasteiger partial charge in [0.25, 0.3) is 0 Å². The van der Waals surface area contributed by atoms with E-state index in [0.717, 1.165) is 11.1 Å². The van der Waals surface area contributed by atoms with Gasteiger partial charge in [-0.2, -0.15) is 31.7 Å². The van der Waals surface area contributed by atoms with Crippen LogP contribution in [-0.4, -0.2) is 8.07 Å². The third-order valence-corrected chi connectivity index (χ3v) is 12.8. The molecule has 3 atom stereocenters. The molecule has 0 heterocycles. The molecule has 0 aliphatic heterocycles. The molecule has 0 nitrogen and oxygen atoms in total. The van der Waals surface area contributed by atoms with Crippen LogP contribution in [0.3, 0.4) is 0 Å². The first-order valence-corrected chi connectivity index (χ1v) is 13.0. The summed E-state index contributed by atoms with van der Waals surface area (Å²) in [6, 6.07) is 12.7. The zero-order valence-electron chi connectivity index (χ0n) is 16.7. The second kappa shape index (κ2) is 11.6. The number of hydrogen-bond donors (Lipinski definition) is 0. The molecule has 2 saturated carbocycles. The smallest absolute Gasteiger partial charge is 0.328 e. The van der Waals surface area contributed by atoms with E-state index < -0.39 is 8.07 Å². The van der Waals surface area contributed by atoms with Crippen molar-refractivity contribution >= 4 is 8.07 Å². The SMILES string of the molecule is CCC(c1ccccc1)[Si](C)(CC)C1CCC[C-]1C.[CH]1[CH-]CCC1.[Fe+2]. The second-order valence-corrected chi connectivity index (χ2v) is 13.0. The van der Waals surface area contributed by atoms with E-state index in [4.69, 9.17) is 0 Å². The summed E-state index contributed by atoms with van der Waals surface area (Å²) in [4.78, 5) is 0. The zero-order chi connectivity index (χ0) is 17.4. The fourth-order valence-corrected chi connectivity index (χ4v) is 10.5. The van der Waals surface area contributed by atoms with Gasteiger partial charge in [-0.05, 0) is 11.1 Å². The van der Waals surface area contributed by atoms with Crippen molar-refractivity contribution in [3.63, 3.8) is 0 Å². The largest absolute Gasteiger partial charge is 2.00 e. The third-order valence-electron chi connectivity index (χ3n) is 6.53. The fraction of sp³-hybridized carbons (Fsp3) is 0.609. The van der Waals surface area contributed by atoms with Crippen molar-refractivity contribution in [3.05, 3.63) is 54.7 Å². The first-order valence-electron chi connectivity index (χ1n) is 10.2. The molecule has 1 aromatic carbocycles. The topological polar surface area (TPSA) is 0 Å². The van der Waals surface area contributed by atoms with Crippen LogP contribution in [0.15, 0.2) is 30.3 Å². The van der Waals surface area contributed by atoms with Gasteiger partial charge < -0.3 is 12.3 Å². The van der Waals surface area contributed by atoms with E-state index in [0.29, 0.717) is 0 Å². The quantitative estimate of drug-likeness (QED) is 0.355. The van der Waals surface area contributed by atoms with Crippen LogP contribution in [-0.2, 0) is 17.1 Å². The Balaban J connectivity index is 0.000000448. The molecular weight excluding hydrogens is 360 g/mol. The van der Waals surface area contributed by atoms with Crippen molar-refractivity contribution in [1.29, 1.82) is 0 Å². The van der Waals surface area contributed by atoms with Crippen molar-refractivity contribution in [2.75, 3.05) is 0 Å². The fourth-order valence-electron chi connectivity index (χ4n) is 4.99. The van der Waals surface area contributed by atoms with Crippen molar-refractivity contribution in [2.45, 2.75) is 89.4 Å². The molecule has 2 aliphatic carbocycles. The molecule has 3 rings (SSSR count). The molecule has 0 N–H and O–H groups in total. The van der Waals surface area contributed by atoms with Gasteiger partial charge in [0.2, 0.25) is 0 Å². The minimum absolute atomic E-state index is 0. The number of rotatable bonds is 5. The van der Waals surface area contributed by atoms with Gasteiger partial charge in [-0.3, -0.25) is 0 Å². The third kappa shape index (κ3) is 5.98. The summed E-state index contributed by atoms with van der Waals surface area (Å²) in [6.07, 6.45) is 14.1. The van der Waals surface area contributed by atoms with Crippen LogP contribution in [0.25, 0.3) is 0 Å². The Morgan fingerprint density at radius 2 is 1.92 bits per heavy atom. The van der Waals surface area contributed by atoms with E-state index >= 15 is 0 Å². The summed E-state index contributed by atoms with van der Waals surface area (Å²) in [5, 5.41) is 0. The van der Waals surface area contributed by atoms with E-state index in [2.05, 4.69) is 70.5 Å². The molecule has 141 valence electrons. The van der Waals surface area contributed by atoms with Crippen LogP contribution in [0.4, 0.5) is 0 Å². The molecule has 1 radical (unpaired) electrons. The van der Waals surface area contributed by atoms with Crippen LogP contribution >= 0.6 is 0 Å². The van der Waals surface area contributed by atoms with Gasteiger partial charge in [-0.15, -0.1) is 0 Å². The standard InChI is InChI=1S/C18H29Si.C5H8.Fe/c1-5-17(16-12-8-7-9-13-16)19(4,6-2)18-14-10-11-15(18)3;1-2-4-5-3-1;/h7-9,12-13,17-18H,5-6,10-11,14H2,1-4H3;1-2H,3-5H2;/q2*-1;+2. The van der Waals surface area contributed by atoms with E-state index in [1.54, 1.807) is 5.56 Å². The Hall–Kier alpha value is -0.0436. The summed E-state index contributed by atoms with van der Waals surface area (Å²) in [5.74, 6) is 1.81. The summed E-state index contributed by atoms with van der Waals surface area (Å²) >= 11 is 0. The molecule has 0 bridgehead atoms. The Kier molecular flexibility index (Phi) is 10.7. The van der Waals surface area contributed by atoms with E-state index in [1.165, 1.54) is 51.0 Å². The van der Waals surface area contributed by atoms with Crippen LogP contribution < -0.4 is 0 Å². The maximum absolute atomic E-state index is 2.67. The maximum atomic E-state index is 2.67. The first kappa shape index (κ1) is 23.0. The Bertz CT molecular complexity index is 449. The van der Waals surface area contributed by atoms with Gasteiger partial charge in [0.15, 0.2) is 0 Å². The molecule has 3 unspecified atom stereocenters. The van der Waals surface area contributed by atoms with Gasteiger partial charge in [0, 0.05) is 8.07 Å². The van der Waals surface area contributed by atoms with Crippen LogP contribution in [0.1, 0.15) is 76.8 Å². The number of benzene rings is 1. The van der Waals surface area contributed by atoms with Gasteiger partial charge >= 0.3 is 17.1 Å². The first-order chi connectivity index (χ1) is 11.6. The summed E-state index contributed by atoms with van der Waals surface area (Å²) in [7, 11) is -1.26. The average Bonchev–Trinajstić information content (AvgIpc) is 3.31. The molecule has 0 spiro atoms. The molecule has 2 fully saturated rings. The van der Waals surface area contributed by atoms with Crippen LogP contribution in [0.2, 0.25) is 18.1 Å². The van der Waals surface area contributed by atoms with E-state index in [9.17, 15) is 0 Å². The Morgan fingerprint density at radius 1 is 1.20 bits per heavy atom. The van der Waals surface area contributed by atoms with Gasteiger partial charge in [-0.1, -0.05) is 88.9 Å². The van der Waals surface area contributed by atoms with Gasteiger partial charge in [0.05, 0.1) is 0 Å². The summed E-state index contributed by atoms with van der Waals surface area (Å²) in [5.41, 5.74) is 3.39. The molecule has 1 aromatic rings. The molecule has 0 aromatic heterocycles. The van der Waals surface area contributed by atoms with Gasteiger partial charge in [0.1, 0.15) is 0 Å². The van der Waals surface area contributed by atoms with E-state index in [1.807, 2.05) is 5.92 Å².